The summed E-state index contributed by atoms with van der Waals surface area (Å²) < 4.78 is 14.3. The van der Waals surface area contributed by atoms with E-state index < -0.39 is 5.82 Å². The van der Waals surface area contributed by atoms with E-state index in [2.05, 4.69) is 15.9 Å². The molecule has 2 aromatic carbocycles. The molecular formula is C16H15BrFNO. The lowest BCUT2D eigenvalue weighted by Gasteiger charge is -2.25. The predicted molar refractivity (Wildman–Crippen MR) is 81.1 cm³/mol. The summed E-state index contributed by atoms with van der Waals surface area (Å²) in [5, 5.41) is 0. The van der Waals surface area contributed by atoms with Gasteiger partial charge in [-0.3, -0.25) is 4.79 Å². The molecule has 2 nitrogen and oxygen atoms in total. The Kier molecular flexibility index (Phi) is 4.55. The van der Waals surface area contributed by atoms with Crippen LogP contribution in [0.1, 0.15) is 28.9 Å². The maximum atomic E-state index is 14.0. The second-order valence-corrected chi connectivity index (χ2v) is 5.46. The summed E-state index contributed by atoms with van der Waals surface area (Å²) in [5.41, 5.74) is 1.09. The summed E-state index contributed by atoms with van der Waals surface area (Å²) in [6, 6.07) is 14.3. The first-order valence-corrected chi connectivity index (χ1v) is 7.07. The number of hydrogen-bond donors (Lipinski definition) is 0. The molecule has 2 rings (SSSR count). The Hall–Kier alpha value is -1.68. The van der Waals surface area contributed by atoms with Crippen LogP contribution in [-0.2, 0) is 0 Å². The van der Waals surface area contributed by atoms with Crippen molar-refractivity contribution in [3.05, 3.63) is 69.9 Å². The number of halogens is 2. The van der Waals surface area contributed by atoms with E-state index in [4.69, 9.17) is 0 Å². The van der Waals surface area contributed by atoms with Crippen LogP contribution in [0.15, 0.2) is 53.0 Å². The molecule has 0 heterocycles. The summed E-state index contributed by atoms with van der Waals surface area (Å²) in [6.07, 6.45) is 0. The molecule has 0 aromatic heterocycles. The van der Waals surface area contributed by atoms with Gasteiger partial charge in [-0.1, -0.05) is 36.4 Å². The molecule has 0 aliphatic heterocycles. The Balaban J connectivity index is 2.27. The van der Waals surface area contributed by atoms with Gasteiger partial charge in [-0.25, -0.2) is 4.39 Å². The van der Waals surface area contributed by atoms with E-state index in [1.54, 1.807) is 24.1 Å². The van der Waals surface area contributed by atoms with Crippen molar-refractivity contribution in [1.82, 2.24) is 4.90 Å². The van der Waals surface area contributed by atoms with Gasteiger partial charge >= 0.3 is 0 Å². The smallest absolute Gasteiger partial charge is 0.257 e. The third-order valence-corrected chi connectivity index (χ3v) is 3.98. The van der Waals surface area contributed by atoms with Gasteiger partial charge in [-0.05, 0) is 40.5 Å². The molecule has 20 heavy (non-hydrogen) atoms. The molecule has 0 saturated heterocycles. The minimum absolute atomic E-state index is 0.0738. The largest absolute Gasteiger partial charge is 0.335 e. The number of amides is 1. The quantitative estimate of drug-likeness (QED) is 0.812. The number of carbonyl (C=O) groups is 1. The van der Waals surface area contributed by atoms with Gasteiger partial charge in [0.05, 0.1) is 16.1 Å². The second kappa shape index (κ2) is 6.18. The Morgan fingerprint density at radius 1 is 1.15 bits per heavy atom. The Morgan fingerprint density at radius 2 is 1.80 bits per heavy atom. The Labute approximate surface area is 126 Å². The molecule has 0 bridgehead atoms. The first kappa shape index (κ1) is 14.7. The summed E-state index contributed by atoms with van der Waals surface area (Å²) in [4.78, 5) is 13.9. The van der Waals surface area contributed by atoms with Gasteiger partial charge in [-0.15, -0.1) is 0 Å². The fourth-order valence-corrected chi connectivity index (χ4v) is 2.36. The van der Waals surface area contributed by atoms with Crippen LogP contribution in [0.5, 0.6) is 0 Å². The first-order chi connectivity index (χ1) is 9.52. The van der Waals surface area contributed by atoms with Gasteiger partial charge in [0.2, 0.25) is 0 Å². The molecule has 0 aliphatic carbocycles. The van der Waals surface area contributed by atoms with E-state index in [0.717, 1.165) is 5.56 Å². The lowest BCUT2D eigenvalue weighted by atomic mass is 10.1. The molecule has 0 radical (unpaired) electrons. The summed E-state index contributed by atoms with van der Waals surface area (Å²) in [7, 11) is 1.68. The van der Waals surface area contributed by atoms with Gasteiger partial charge in [0, 0.05) is 7.05 Å². The van der Waals surface area contributed by atoms with Gasteiger partial charge < -0.3 is 4.90 Å². The lowest BCUT2D eigenvalue weighted by molar-refractivity contribution is 0.0737. The normalized spacial score (nSPS) is 12.0. The first-order valence-electron chi connectivity index (χ1n) is 6.28. The predicted octanol–water partition coefficient (Wildman–Crippen LogP) is 4.42. The van der Waals surface area contributed by atoms with E-state index in [9.17, 15) is 9.18 Å². The average Bonchev–Trinajstić information content (AvgIpc) is 2.48. The third kappa shape index (κ3) is 2.90. The van der Waals surface area contributed by atoms with E-state index in [-0.39, 0.29) is 17.5 Å². The fraction of sp³-hybridized carbons (Fsp3) is 0.188. The van der Waals surface area contributed by atoms with Gasteiger partial charge in [0.15, 0.2) is 0 Å². The molecule has 0 fully saturated rings. The highest BCUT2D eigenvalue weighted by Gasteiger charge is 2.22. The SMILES string of the molecule is CC(c1ccccc1)N(C)C(=O)c1cccc(Br)c1F. The van der Waals surface area contributed by atoms with Crippen LogP contribution >= 0.6 is 15.9 Å². The maximum absolute atomic E-state index is 14.0. The van der Waals surface area contributed by atoms with Crippen molar-refractivity contribution in [3.63, 3.8) is 0 Å². The van der Waals surface area contributed by atoms with Crippen molar-refractivity contribution in [2.45, 2.75) is 13.0 Å². The zero-order valence-corrected chi connectivity index (χ0v) is 12.9. The number of benzene rings is 2. The molecule has 4 heteroatoms. The van der Waals surface area contributed by atoms with Crippen molar-refractivity contribution < 1.29 is 9.18 Å². The molecule has 1 unspecified atom stereocenters. The highest BCUT2D eigenvalue weighted by molar-refractivity contribution is 9.10. The average molecular weight is 336 g/mol. The van der Waals surface area contributed by atoms with E-state index in [1.807, 2.05) is 37.3 Å². The summed E-state index contributed by atoms with van der Waals surface area (Å²) in [5.74, 6) is -0.857. The fourth-order valence-electron chi connectivity index (χ4n) is 1.99. The number of rotatable bonds is 3. The molecule has 1 atom stereocenters. The van der Waals surface area contributed by atoms with Gasteiger partial charge in [0.1, 0.15) is 5.82 Å². The van der Waals surface area contributed by atoms with Gasteiger partial charge in [-0.2, -0.15) is 0 Å². The summed E-state index contributed by atoms with van der Waals surface area (Å²) in [6.45, 7) is 1.92. The minimum Gasteiger partial charge on any atom is -0.335 e. The van der Waals surface area contributed by atoms with Crippen LogP contribution in [-0.4, -0.2) is 17.9 Å². The highest BCUT2D eigenvalue weighted by Crippen LogP contribution is 2.24. The second-order valence-electron chi connectivity index (χ2n) is 4.60. The maximum Gasteiger partial charge on any atom is 0.257 e. The van der Waals surface area contributed by atoms with Crippen molar-refractivity contribution in [1.29, 1.82) is 0 Å². The lowest BCUT2D eigenvalue weighted by Crippen LogP contribution is -2.30. The van der Waals surface area contributed by atoms with E-state index in [1.165, 1.54) is 6.07 Å². The molecule has 104 valence electrons. The molecule has 0 N–H and O–H groups in total. The minimum atomic E-state index is -0.524. The van der Waals surface area contributed by atoms with Gasteiger partial charge in [0.25, 0.3) is 5.91 Å². The number of carbonyl (C=O) groups excluding carboxylic acids is 1. The van der Waals surface area contributed by atoms with Crippen molar-refractivity contribution in [2.24, 2.45) is 0 Å². The van der Waals surface area contributed by atoms with Crippen LogP contribution in [0.4, 0.5) is 4.39 Å². The summed E-state index contributed by atoms with van der Waals surface area (Å²) >= 11 is 3.10. The van der Waals surface area contributed by atoms with Crippen LogP contribution in [0.25, 0.3) is 0 Å². The zero-order chi connectivity index (χ0) is 14.7. The number of hydrogen-bond acceptors (Lipinski definition) is 1. The molecule has 2 aromatic rings. The third-order valence-electron chi connectivity index (χ3n) is 3.37. The van der Waals surface area contributed by atoms with Crippen molar-refractivity contribution in [2.75, 3.05) is 7.05 Å². The molecule has 0 aliphatic rings. The molecule has 0 spiro atoms. The topological polar surface area (TPSA) is 20.3 Å². The monoisotopic (exact) mass is 335 g/mol. The van der Waals surface area contributed by atoms with Crippen LogP contribution in [0.2, 0.25) is 0 Å². The Bertz CT molecular complexity index is 615. The number of nitrogens with zero attached hydrogens (tertiary/aromatic N) is 1. The van der Waals surface area contributed by atoms with E-state index in [0.29, 0.717) is 4.47 Å². The van der Waals surface area contributed by atoms with Crippen LogP contribution < -0.4 is 0 Å². The standard InChI is InChI=1S/C16H15BrFNO/c1-11(12-7-4-3-5-8-12)19(2)16(20)13-9-6-10-14(17)15(13)18/h3-11H,1-2H3. The highest BCUT2D eigenvalue weighted by atomic mass is 79.9. The zero-order valence-electron chi connectivity index (χ0n) is 11.3. The Morgan fingerprint density at radius 3 is 2.45 bits per heavy atom. The van der Waals surface area contributed by atoms with Crippen molar-refractivity contribution in [3.8, 4) is 0 Å². The van der Waals surface area contributed by atoms with Crippen molar-refractivity contribution >= 4 is 21.8 Å². The molecular weight excluding hydrogens is 321 g/mol. The van der Waals surface area contributed by atoms with Crippen LogP contribution in [0.3, 0.4) is 0 Å². The van der Waals surface area contributed by atoms with Crippen LogP contribution in [0, 0.1) is 5.82 Å². The molecule has 1 amide bonds. The molecule has 0 saturated carbocycles. The van der Waals surface area contributed by atoms with E-state index >= 15 is 0 Å².